The van der Waals surface area contributed by atoms with Crippen molar-refractivity contribution >= 4 is 11.2 Å². The zero-order chi connectivity index (χ0) is 14.7. The fourth-order valence-electron chi connectivity index (χ4n) is 3.38. The van der Waals surface area contributed by atoms with Gasteiger partial charge in [0.15, 0.2) is 5.65 Å². The predicted molar refractivity (Wildman–Crippen MR) is 83.2 cm³/mol. The molecule has 3 rings (SSSR count). The predicted octanol–water partition coefficient (Wildman–Crippen LogP) is 1.84. The van der Waals surface area contributed by atoms with Crippen LogP contribution in [0.2, 0.25) is 0 Å². The molecule has 0 amide bonds. The molecular weight excluding hydrogens is 264 g/mol. The minimum Gasteiger partial charge on any atom is -0.396 e. The molecule has 21 heavy (non-hydrogen) atoms. The molecule has 1 N–H and O–H groups in total. The van der Waals surface area contributed by atoms with E-state index in [0.717, 1.165) is 42.9 Å². The first-order chi connectivity index (χ1) is 10.3. The van der Waals surface area contributed by atoms with E-state index < -0.39 is 0 Å². The molecule has 1 atom stereocenters. The van der Waals surface area contributed by atoms with Crippen LogP contribution in [-0.2, 0) is 13.0 Å². The Balaban J connectivity index is 1.89. The highest BCUT2D eigenvalue weighted by atomic mass is 16.3. The summed E-state index contributed by atoms with van der Waals surface area (Å²) in [6.07, 6.45) is 6.09. The molecule has 1 fully saturated rings. The number of likely N-dealkylation sites (N-methyl/N-ethyl adjacent to an activating group) is 1. The summed E-state index contributed by atoms with van der Waals surface area (Å²) in [6.45, 7) is 5.54. The molecule has 1 saturated heterocycles. The van der Waals surface area contributed by atoms with Crippen molar-refractivity contribution in [1.29, 1.82) is 0 Å². The van der Waals surface area contributed by atoms with Gasteiger partial charge in [0.25, 0.3) is 0 Å². The second kappa shape index (κ2) is 6.54. The summed E-state index contributed by atoms with van der Waals surface area (Å²) in [6, 6.07) is 4.55. The first-order valence-electron chi connectivity index (χ1n) is 7.98. The van der Waals surface area contributed by atoms with Crippen LogP contribution < -0.4 is 0 Å². The summed E-state index contributed by atoms with van der Waals surface area (Å²) >= 11 is 0. The number of pyridine rings is 1. The van der Waals surface area contributed by atoms with Crippen molar-refractivity contribution < 1.29 is 5.11 Å². The lowest BCUT2D eigenvalue weighted by molar-refractivity contribution is 0.259. The van der Waals surface area contributed by atoms with Gasteiger partial charge in [-0.2, -0.15) is 0 Å². The SMILES string of the molecule is CCN1CCCC1Cc1nc2cccnc2n1CCCO. The molecule has 5 nitrogen and oxygen atoms in total. The maximum absolute atomic E-state index is 9.13. The Kier molecular flexibility index (Phi) is 4.51. The lowest BCUT2D eigenvalue weighted by atomic mass is 10.1. The molecular formula is C16H24N4O. The summed E-state index contributed by atoms with van der Waals surface area (Å²) in [7, 11) is 0. The van der Waals surface area contributed by atoms with E-state index in [4.69, 9.17) is 10.1 Å². The van der Waals surface area contributed by atoms with E-state index in [9.17, 15) is 0 Å². The number of aryl methyl sites for hydroxylation is 1. The number of aromatic nitrogens is 3. The number of aliphatic hydroxyl groups excluding tert-OH is 1. The summed E-state index contributed by atoms with van der Waals surface area (Å²) in [5, 5.41) is 9.13. The van der Waals surface area contributed by atoms with Crippen LogP contribution in [0.3, 0.4) is 0 Å². The van der Waals surface area contributed by atoms with E-state index in [1.54, 1.807) is 0 Å². The number of aliphatic hydroxyl groups is 1. The molecule has 0 radical (unpaired) electrons. The first-order valence-corrected chi connectivity index (χ1v) is 7.98. The second-order valence-electron chi connectivity index (χ2n) is 5.73. The Morgan fingerprint density at radius 2 is 2.33 bits per heavy atom. The van der Waals surface area contributed by atoms with Crippen LogP contribution in [0, 0.1) is 0 Å². The Morgan fingerprint density at radius 1 is 1.43 bits per heavy atom. The van der Waals surface area contributed by atoms with Crippen LogP contribution in [0.25, 0.3) is 11.2 Å². The molecule has 5 heteroatoms. The standard InChI is InChI=1S/C16H24N4O/c1-2-19-9-4-6-13(19)12-15-18-14-7-3-8-17-16(14)20(15)10-5-11-21/h3,7-8,13,21H,2,4-6,9-12H2,1H3. The Bertz CT molecular complexity index is 595. The van der Waals surface area contributed by atoms with Gasteiger partial charge in [-0.3, -0.25) is 0 Å². The highest BCUT2D eigenvalue weighted by Gasteiger charge is 2.25. The quantitative estimate of drug-likeness (QED) is 0.881. The molecule has 0 bridgehead atoms. The van der Waals surface area contributed by atoms with E-state index in [-0.39, 0.29) is 6.61 Å². The maximum atomic E-state index is 9.13. The number of fused-ring (bicyclic) bond motifs is 1. The van der Waals surface area contributed by atoms with Gasteiger partial charge >= 0.3 is 0 Å². The molecule has 1 unspecified atom stereocenters. The van der Waals surface area contributed by atoms with Gasteiger partial charge in [-0.25, -0.2) is 9.97 Å². The van der Waals surface area contributed by atoms with Gasteiger partial charge < -0.3 is 14.6 Å². The minimum atomic E-state index is 0.205. The van der Waals surface area contributed by atoms with Crippen LogP contribution >= 0.6 is 0 Å². The summed E-state index contributed by atoms with van der Waals surface area (Å²) in [5.41, 5.74) is 1.91. The van der Waals surface area contributed by atoms with Crippen LogP contribution in [0.4, 0.5) is 0 Å². The van der Waals surface area contributed by atoms with E-state index >= 15 is 0 Å². The number of rotatable bonds is 6. The molecule has 1 aliphatic heterocycles. The third-order valence-electron chi connectivity index (χ3n) is 4.45. The third kappa shape index (κ3) is 2.94. The van der Waals surface area contributed by atoms with Crippen LogP contribution in [0.5, 0.6) is 0 Å². The van der Waals surface area contributed by atoms with Crippen molar-refractivity contribution in [2.75, 3.05) is 19.7 Å². The molecule has 1 aliphatic rings. The molecule has 0 aromatic carbocycles. The summed E-state index contributed by atoms with van der Waals surface area (Å²) < 4.78 is 2.19. The van der Waals surface area contributed by atoms with E-state index in [1.807, 2.05) is 18.3 Å². The zero-order valence-corrected chi connectivity index (χ0v) is 12.7. The van der Waals surface area contributed by atoms with E-state index in [2.05, 4.69) is 21.4 Å². The van der Waals surface area contributed by atoms with E-state index in [0.29, 0.717) is 6.04 Å². The fraction of sp³-hybridized carbons (Fsp3) is 0.625. The molecule has 0 aliphatic carbocycles. The smallest absolute Gasteiger partial charge is 0.159 e. The maximum Gasteiger partial charge on any atom is 0.159 e. The third-order valence-corrected chi connectivity index (χ3v) is 4.45. The van der Waals surface area contributed by atoms with Crippen LogP contribution in [0.15, 0.2) is 18.3 Å². The number of likely N-dealkylation sites (tertiary alicyclic amines) is 1. The molecule has 0 spiro atoms. The van der Waals surface area contributed by atoms with Gasteiger partial charge in [-0.1, -0.05) is 6.92 Å². The minimum absolute atomic E-state index is 0.205. The monoisotopic (exact) mass is 288 g/mol. The van der Waals surface area contributed by atoms with Gasteiger partial charge in [0.05, 0.1) is 0 Å². The Hall–Kier alpha value is -1.46. The average Bonchev–Trinajstić information content (AvgIpc) is 3.09. The summed E-state index contributed by atoms with van der Waals surface area (Å²) in [5.74, 6) is 1.11. The molecule has 0 saturated carbocycles. The van der Waals surface area contributed by atoms with Crippen LogP contribution in [0.1, 0.15) is 32.0 Å². The van der Waals surface area contributed by atoms with Gasteiger partial charge in [-0.15, -0.1) is 0 Å². The Morgan fingerprint density at radius 3 is 3.14 bits per heavy atom. The van der Waals surface area contributed by atoms with Crippen LogP contribution in [-0.4, -0.2) is 50.3 Å². The normalized spacial score (nSPS) is 19.6. The number of hydrogen-bond donors (Lipinski definition) is 1. The van der Waals surface area contributed by atoms with Crippen molar-refractivity contribution in [3.63, 3.8) is 0 Å². The van der Waals surface area contributed by atoms with Crippen molar-refractivity contribution in [3.8, 4) is 0 Å². The average molecular weight is 288 g/mol. The van der Waals surface area contributed by atoms with Gasteiger partial charge in [0, 0.05) is 31.8 Å². The fourth-order valence-corrected chi connectivity index (χ4v) is 3.38. The van der Waals surface area contributed by atoms with Crippen molar-refractivity contribution in [2.45, 2.75) is 45.2 Å². The molecule has 2 aromatic heterocycles. The van der Waals surface area contributed by atoms with Crippen molar-refractivity contribution in [2.24, 2.45) is 0 Å². The van der Waals surface area contributed by atoms with Gasteiger partial charge in [0.2, 0.25) is 0 Å². The largest absolute Gasteiger partial charge is 0.396 e. The summed E-state index contributed by atoms with van der Waals surface area (Å²) in [4.78, 5) is 11.8. The Labute approximate surface area is 125 Å². The lowest BCUT2D eigenvalue weighted by Crippen LogP contribution is -2.31. The molecule has 2 aromatic rings. The first kappa shape index (κ1) is 14.5. The highest BCUT2D eigenvalue weighted by molar-refractivity contribution is 5.71. The van der Waals surface area contributed by atoms with Gasteiger partial charge in [-0.05, 0) is 44.5 Å². The number of imidazole rings is 1. The van der Waals surface area contributed by atoms with E-state index in [1.165, 1.54) is 19.4 Å². The highest BCUT2D eigenvalue weighted by Crippen LogP contribution is 2.22. The zero-order valence-electron chi connectivity index (χ0n) is 12.7. The van der Waals surface area contributed by atoms with Gasteiger partial charge in [0.1, 0.15) is 11.3 Å². The number of nitrogens with zero attached hydrogens (tertiary/aromatic N) is 4. The number of hydrogen-bond acceptors (Lipinski definition) is 4. The van der Waals surface area contributed by atoms with Crippen molar-refractivity contribution in [1.82, 2.24) is 19.4 Å². The molecule has 3 heterocycles. The topological polar surface area (TPSA) is 54.2 Å². The lowest BCUT2D eigenvalue weighted by Gasteiger charge is -2.22. The molecule has 114 valence electrons. The second-order valence-corrected chi connectivity index (χ2v) is 5.73. The van der Waals surface area contributed by atoms with Crippen molar-refractivity contribution in [3.05, 3.63) is 24.2 Å².